The molecule has 1 heterocycles. The Kier molecular flexibility index (Phi) is 3.07. The van der Waals surface area contributed by atoms with E-state index >= 15 is 0 Å². The van der Waals surface area contributed by atoms with Gasteiger partial charge in [0.05, 0.1) is 5.41 Å². The molecule has 4 aromatic rings. The summed E-state index contributed by atoms with van der Waals surface area (Å²) in [6.07, 6.45) is 0. The second-order valence-corrected chi connectivity index (χ2v) is 7.62. The largest absolute Gasteiger partial charge is 0.504 e. The average molecular weight is 396 g/mol. The molecule has 1 aliphatic carbocycles. The minimum absolute atomic E-state index is 0.199. The number of ether oxygens (including phenoxy) is 1. The minimum atomic E-state index is -0.896. The Morgan fingerprint density at radius 2 is 1.10 bits per heavy atom. The maximum atomic E-state index is 10.4. The summed E-state index contributed by atoms with van der Waals surface area (Å²) >= 11 is 0. The van der Waals surface area contributed by atoms with Crippen molar-refractivity contribution in [2.45, 2.75) is 5.41 Å². The smallest absolute Gasteiger partial charge is 0.161 e. The molecule has 0 saturated heterocycles. The van der Waals surface area contributed by atoms with Crippen molar-refractivity contribution in [1.29, 1.82) is 0 Å². The molecule has 1 unspecified atom stereocenters. The minimum Gasteiger partial charge on any atom is -0.504 e. The highest BCUT2D eigenvalue weighted by Crippen LogP contribution is 2.63. The van der Waals surface area contributed by atoms with E-state index in [2.05, 4.69) is 0 Å². The molecule has 5 nitrogen and oxygen atoms in total. The average Bonchev–Trinajstić information content (AvgIpc) is 3.01. The Morgan fingerprint density at radius 1 is 0.500 bits per heavy atom. The first-order valence-electron chi connectivity index (χ1n) is 9.52. The van der Waals surface area contributed by atoms with E-state index < -0.39 is 5.41 Å². The van der Waals surface area contributed by atoms with Crippen LogP contribution in [-0.2, 0) is 5.41 Å². The first-order valence-corrected chi connectivity index (χ1v) is 9.52. The molecule has 4 N–H and O–H groups in total. The van der Waals surface area contributed by atoms with E-state index in [9.17, 15) is 20.4 Å². The number of fused-ring (bicyclic) bond motifs is 9. The Hall–Kier alpha value is -4.12. The maximum absolute atomic E-state index is 10.4. The molecule has 6 rings (SSSR count). The van der Waals surface area contributed by atoms with Gasteiger partial charge in [0.2, 0.25) is 0 Å². The number of hydrogen-bond donors (Lipinski definition) is 4. The Morgan fingerprint density at radius 3 is 1.90 bits per heavy atom. The van der Waals surface area contributed by atoms with Gasteiger partial charge in [0.15, 0.2) is 23.0 Å². The van der Waals surface area contributed by atoms with Gasteiger partial charge in [-0.3, -0.25) is 0 Å². The molecule has 0 amide bonds. The molecule has 30 heavy (non-hydrogen) atoms. The summed E-state index contributed by atoms with van der Waals surface area (Å²) in [5.41, 5.74) is 4.00. The van der Waals surface area contributed by atoms with E-state index in [0.29, 0.717) is 17.1 Å². The standard InChI is InChI=1S/C25H16O5/c26-19-9-14-13-5-1-2-6-15(13)25(17(14)10-20(19)27)16-7-3-4-8-23(16)30-24-12-22(29)21(28)11-18(24)25/h1-12,26-29H. The number of para-hydroxylation sites is 1. The van der Waals surface area contributed by atoms with Crippen LogP contribution in [-0.4, -0.2) is 20.4 Å². The van der Waals surface area contributed by atoms with Crippen LogP contribution in [0, 0.1) is 0 Å². The van der Waals surface area contributed by atoms with Crippen LogP contribution in [0.3, 0.4) is 0 Å². The van der Waals surface area contributed by atoms with Crippen LogP contribution in [0.1, 0.15) is 22.3 Å². The molecule has 1 atom stereocenters. The molecular weight excluding hydrogens is 380 g/mol. The molecule has 1 aliphatic heterocycles. The van der Waals surface area contributed by atoms with E-state index in [1.165, 1.54) is 12.1 Å². The fourth-order valence-corrected chi connectivity index (χ4v) is 4.94. The van der Waals surface area contributed by atoms with Gasteiger partial charge in [-0.1, -0.05) is 42.5 Å². The van der Waals surface area contributed by atoms with Crippen molar-refractivity contribution in [3.63, 3.8) is 0 Å². The summed E-state index contributed by atoms with van der Waals surface area (Å²) in [5.74, 6) is 0.0714. The molecule has 2 aliphatic rings. The van der Waals surface area contributed by atoms with Crippen LogP contribution in [0.15, 0.2) is 72.8 Å². The van der Waals surface area contributed by atoms with Gasteiger partial charge in [-0.2, -0.15) is 0 Å². The van der Waals surface area contributed by atoms with Crippen LogP contribution in [0.2, 0.25) is 0 Å². The molecule has 5 heteroatoms. The monoisotopic (exact) mass is 396 g/mol. The molecule has 0 radical (unpaired) electrons. The van der Waals surface area contributed by atoms with Gasteiger partial charge >= 0.3 is 0 Å². The van der Waals surface area contributed by atoms with Gasteiger partial charge in [-0.15, -0.1) is 0 Å². The summed E-state index contributed by atoms with van der Waals surface area (Å²) in [6.45, 7) is 0. The zero-order chi connectivity index (χ0) is 20.6. The highest BCUT2D eigenvalue weighted by molar-refractivity contribution is 5.90. The summed E-state index contributed by atoms with van der Waals surface area (Å²) < 4.78 is 6.10. The number of benzene rings is 4. The van der Waals surface area contributed by atoms with Gasteiger partial charge in [-0.25, -0.2) is 0 Å². The van der Waals surface area contributed by atoms with E-state index in [4.69, 9.17) is 4.74 Å². The van der Waals surface area contributed by atoms with Crippen LogP contribution >= 0.6 is 0 Å². The molecule has 4 aromatic carbocycles. The fraction of sp³-hybridized carbons (Fsp3) is 0.0400. The second-order valence-electron chi connectivity index (χ2n) is 7.62. The molecule has 0 aromatic heterocycles. The number of hydrogen-bond acceptors (Lipinski definition) is 5. The lowest BCUT2D eigenvalue weighted by molar-refractivity contribution is 0.387. The SMILES string of the molecule is Oc1cc2c(cc1O)C1(c3ccccc3O2)c2ccccc2-c2cc(O)c(O)cc21. The van der Waals surface area contributed by atoms with Crippen molar-refractivity contribution in [2.75, 3.05) is 0 Å². The van der Waals surface area contributed by atoms with Gasteiger partial charge in [-0.05, 0) is 46.5 Å². The van der Waals surface area contributed by atoms with Gasteiger partial charge < -0.3 is 25.2 Å². The van der Waals surface area contributed by atoms with E-state index in [1.54, 1.807) is 12.1 Å². The lowest BCUT2D eigenvalue weighted by Gasteiger charge is -2.39. The van der Waals surface area contributed by atoms with Gasteiger partial charge in [0.1, 0.15) is 11.5 Å². The highest BCUT2D eigenvalue weighted by atomic mass is 16.5. The van der Waals surface area contributed by atoms with Crippen molar-refractivity contribution in [2.24, 2.45) is 0 Å². The fourth-order valence-electron chi connectivity index (χ4n) is 4.94. The third-order valence-corrected chi connectivity index (χ3v) is 6.13. The number of phenols is 4. The second kappa shape index (κ2) is 5.48. The van der Waals surface area contributed by atoms with Gasteiger partial charge in [0, 0.05) is 17.2 Å². The number of rotatable bonds is 0. The van der Waals surface area contributed by atoms with Crippen molar-refractivity contribution in [1.82, 2.24) is 0 Å². The third kappa shape index (κ3) is 1.86. The molecule has 146 valence electrons. The van der Waals surface area contributed by atoms with Gasteiger partial charge in [0.25, 0.3) is 0 Å². The van der Waals surface area contributed by atoms with Crippen molar-refractivity contribution in [3.05, 3.63) is 95.1 Å². The normalized spacial score (nSPS) is 17.6. The Labute approximate surface area is 171 Å². The topological polar surface area (TPSA) is 90.2 Å². The highest BCUT2D eigenvalue weighted by Gasteiger charge is 2.51. The number of aromatic hydroxyl groups is 4. The quantitative estimate of drug-likeness (QED) is 0.272. The Bertz CT molecular complexity index is 1370. The number of phenolic OH excluding ortho intramolecular Hbond substituents is 4. The summed E-state index contributed by atoms with van der Waals surface area (Å²) in [7, 11) is 0. The predicted octanol–water partition coefficient (Wildman–Crippen LogP) is 4.98. The summed E-state index contributed by atoms with van der Waals surface area (Å²) in [6, 6.07) is 21.5. The summed E-state index contributed by atoms with van der Waals surface area (Å²) in [4.78, 5) is 0. The lowest BCUT2D eigenvalue weighted by Crippen LogP contribution is -2.32. The van der Waals surface area contributed by atoms with Crippen molar-refractivity contribution >= 4 is 0 Å². The van der Waals surface area contributed by atoms with Crippen molar-refractivity contribution in [3.8, 4) is 45.6 Å². The Balaban J connectivity index is 1.86. The first kappa shape index (κ1) is 16.8. The van der Waals surface area contributed by atoms with E-state index in [1.807, 2.05) is 48.5 Å². The summed E-state index contributed by atoms with van der Waals surface area (Å²) in [5, 5.41) is 41.1. The van der Waals surface area contributed by atoms with Crippen molar-refractivity contribution < 1.29 is 25.2 Å². The van der Waals surface area contributed by atoms with Crippen LogP contribution in [0.5, 0.6) is 34.5 Å². The molecule has 0 fully saturated rings. The maximum Gasteiger partial charge on any atom is 0.161 e. The third-order valence-electron chi connectivity index (χ3n) is 6.13. The lowest BCUT2D eigenvalue weighted by atomic mass is 9.66. The first-order chi connectivity index (χ1) is 14.5. The molecule has 1 spiro atoms. The van der Waals surface area contributed by atoms with Crippen LogP contribution in [0.25, 0.3) is 11.1 Å². The predicted molar refractivity (Wildman–Crippen MR) is 110 cm³/mol. The molecular formula is C25H16O5. The zero-order valence-corrected chi connectivity index (χ0v) is 15.6. The van der Waals surface area contributed by atoms with Crippen LogP contribution in [0.4, 0.5) is 0 Å². The molecule has 0 saturated carbocycles. The van der Waals surface area contributed by atoms with E-state index in [-0.39, 0.29) is 23.0 Å². The zero-order valence-electron chi connectivity index (χ0n) is 15.6. The van der Waals surface area contributed by atoms with E-state index in [0.717, 1.165) is 27.8 Å². The van der Waals surface area contributed by atoms with Crippen LogP contribution < -0.4 is 4.74 Å². The molecule has 0 bridgehead atoms.